The first-order valence-corrected chi connectivity index (χ1v) is 14.3. The highest BCUT2D eigenvalue weighted by atomic mass is 35.5. The monoisotopic (exact) mass is 611 g/mol. The van der Waals surface area contributed by atoms with Gasteiger partial charge in [-0.1, -0.05) is 34.5 Å². The molecule has 1 N–H and O–H groups in total. The van der Waals surface area contributed by atoms with Crippen LogP contribution in [-0.4, -0.2) is 62.8 Å². The normalized spacial score (nSPS) is 16.9. The Morgan fingerprint density at radius 3 is 2.58 bits per heavy atom. The van der Waals surface area contributed by atoms with Crippen molar-refractivity contribution in [2.75, 3.05) is 18.5 Å². The summed E-state index contributed by atoms with van der Waals surface area (Å²) < 4.78 is 32.2. The highest BCUT2D eigenvalue weighted by Crippen LogP contribution is 2.38. The third-order valence-corrected chi connectivity index (χ3v) is 7.39. The first-order valence-electron chi connectivity index (χ1n) is 12.7. The van der Waals surface area contributed by atoms with E-state index in [1.165, 1.54) is 28.4 Å². The first kappa shape index (κ1) is 30.2. The average Bonchev–Trinajstić information content (AvgIpc) is 3.43. The smallest absolute Gasteiger partial charge is 0.413 e. The SMILES string of the molecule is CC(C)Nc1ncc(-c2nnc(-c3cc(F)c(OC[C@H]4COC(C)(C)N4C(=O)OC(C)(C)C)cc3Cl)s2)cc1Cl. The zero-order valence-electron chi connectivity index (χ0n) is 23.3. The number of nitrogens with one attached hydrogen (secondary N) is 1. The van der Waals surface area contributed by atoms with Crippen molar-refractivity contribution >= 4 is 46.4 Å². The number of nitrogens with zero attached hydrogens (tertiary/aromatic N) is 4. The van der Waals surface area contributed by atoms with E-state index in [4.69, 9.17) is 37.4 Å². The molecule has 4 rings (SSSR count). The second kappa shape index (κ2) is 11.6. The van der Waals surface area contributed by atoms with Crippen LogP contribution < -0.4 is 10.1 Å². The minimum Gasteiger partial charge on any atom is -0.488 e. The molecule has 1 aromatic carbocycles. The number of pyridine rings is 1. The second-order valence-electron chi connectivity index (χ2n) is 11.1. The summed E-state index contributed by atoms with van der Waals surface area (Å²) in [4.78, 5) is 18.7. The van der Waals surface area contributed by atoms with Gasteiger partial charge in [-0.25, -0.2) is 14.2 Å². The average molecular weight is 613 g/mol. The molecule has 1 atom stereocenters. The molecule has 1 fully saturated rings. The van der Waals surface area contributed by atoms with Crippen LogP contribution in [0.25, 0.3) is 21.1 Å². The van der Waals surface area contributed by atoms with Crippen molar-refractivity contribution in [2.24, 2.45) is 0 Å². The van der Waals surface area contributed by atoms with Crippen LogP contribution in [0.15, 0.2) is 24.4 Å². The molecule has 0 radical (unpaired) electrons. The quantitative estimate of drug-likeness (QED) is 0.297. The number of ether oxygens (including phenoxy) is 3. The van der Waals surface area contributed by atoms with Crippen LogP contribution in [0.3, 0.4) is 0 Å². The van der Waals surface area contributed by atoms with Crippen LogP contribution in [-0.2, 0) is 9.47 Å². The molecule has 0 aliphatic carbocycles. The minimum absolute atomic E-state index is 0.0202. The molecule has 1 aliphatic heterocycles. The fourth-order valence-corrected chi connectivity index (χ4v) is 5.43. The van der Waals surface area contributed by atoms with Crippen LogP contribution in [0, 0.1) is 5.82 Å². The number of hydrogen-bond acceptors (Lipinski definition) is 9. The Hall–Kier alpha value is -2.73. The third kappa shape index (κ3) is 6.94. The van der Waals surface area contributed by atoms with Crippen molar-refractivity contribution in [2.45, 2.75) is 71.9 Å². The van der Waals surface area contributed by atoms with Crippen molar-refractivity contribution < 1.29 is 23.4 Å². The van der Waals surface area contributed by atoms with Gasteiger partial charge in [0.25, 0.3) is 0 Å². The molecule has 0 unspecified atom stereocenters. The van der Waals surface area contributed by atoms with E-state index in [0.717, 1.165) is 0 Å². The Morgan fingerprint density at radius 2 is 1.93 bits per heavy atom. The third-order valence-electron chi connectivity index (χ3n) is 5.79. The summed E-state index contributed by atoms with van der Waals surface area (Å²) in [5, 5.41) is 13.3. The maximum Gasteiger partial charge on any atom is 0.413 e. The molecular formula is C27H32Cl2FN5O4S. The molecule has 0 saturated carbocycles. The van der Waals surface area contributed by atoms with E-state index in [1.54, 1.807) is 46.9 Å². The van der Waals surface area contributed by atoms with Crippen LogP contribution in [0.1, 0.15) is 48.5 Å². The molecule has 1 amide bonds. The van der Waals surface area contributed by atoms with Gasteiger partial charge in [0.1, 0.15) is 33.8 Å². The number of rotatable bonds is 7. The molecule has 0 bridgehead atoms. The van der Waals surface area contributed by atoms with Gasteiger partial charge in [0.05, 0.1) is 22.7 Å². The Kier molecular flexibility index (Phi) is 8.79. The molecule has 13 heteroatoms. The van der Waals surface area contributed by atoms with Gasteiger partial charge in [-0.15, -0.1) is 10.2 Å². The van der Waals surface area contributed by atoms with Gasteiger partial charge in [0, 0.05) is 29.4 Å². The van der Waals surface area contributed by atoms with Gasteiger partial charge in [-0.2, -0.15) is 0 Å². The molecule has 3 aromatic rings. The van der Waals surface area contributed by atoms with E-state index in [2.05, 4.69) is 20.5 Å². The fourth-order valence-electron chi connectivity index (χ4n) is 4.06. The van der Waals surface area contributed by atoms with E-state index in [9.17, 15) is 4.79 Å². The molecule has 9 nitrogen and oxygen atoms in total. The van der Waals surface area contributed by atoms with E-state index < -0.39 is 29.3 Å². The highest BCUT2D eigenvalue weighted by Gasteiger charge is 2.46. The predicted octanol–water partition coefficient (Wildman–Crippen LogP) is 7.28. The molecule has 2 aromatic heterocycles. The minimum atomic E-state index is -0.906. The number of carbonyl (C=O) groups excluding carboxylic acids is 1. The Bertz CT molecular complexity index is 1400. The summed E-state index contributed by atoms with van der Waals surface area (Å²) in [6.45, 7) is 13.1. The number of halogens is 3. The molecule has 1 aliphatic rings. The lowest BCUT2D eigenvalue weighted by Gasteiger charge is -2.35. The molecule has 0 spiro atoms. The zero-order chi connectivity index (χ0) is 29.4. The molecule has 3 heterocycles. The van der Waals surface area contributed by atoms with Gasteiger partial charge >= 0.3 is 6.09 Å². The summed E-state index contributed by atoms with van der Waals surface area (Å²) in [5.41, 5.74) is -0.543. The zero-order valence-corrected chi connectivity index (χ0v) is 25.7. The first-order chi connectivity index (χ1) is 18.6. The Labute approximate surface area is 247 Å². The number of amides is 1. The number of carbonyl (C=O) groups is 1. The van der Waals surface area contributed by atoms with Crippen molar-refractivity contribution in [1.29, 1.82) is 0 Å². The molecule has 40 heavy (non-hydrogen) atoms. The number of benzene rings is 1. The van der Waals surface area contributed by atoms with E-state index in [1.807, 2.05) is 13.8 Å². The van der Waals surface area contributed by atoms with Crippen LogP contribution in [0.5, 0.6) is 5.75 Å². The fraction of sp³-hybridized carbons (Fsp3) is 0.481. The lowest BCUT2D eigenvalue weighted by molar-refractivity contribution is -0.0637. The largest absolute Gasteiger partial charge is 0.488 e. The van der Waals surface area contributed by atoms with Gasteiger partial charge in [-0.3, -0.25) is 4.90 Å². The predicted molar refractivity (Wildman–Crippen MR) is 155 cm³/mol. The van der Waals surface area contributed by atoms with E-state index in [-0.39, 0.29) is 30.0 Å². The number of aromatic nitrogens is 3. The van der Waals surface area contributed by atoms with Crippen LogP contribution in [0.4, 0.5) is 15.0 Å². The van der Waals surface area contributed by atoms with Crippen molar-refractivity contribution in [1.82, 2.24) is 20.1 Å². The Balaban J connectivity index is 1.49. The van der Waals surface area contributed by atoms with Gasteiger partial charge < -0.3 is 19.5 Å². The summed E-state index contributed by atoms with van der Waals surface area (Å²) in [6, 6.07) is 4.07. The highest BCUT2D eigenvalue weighted by molar-refractivity contribution is 7.18. The van der Waals surface area contributed by atoms with Crippen LogP contribution >= 0.6 is 34.5 Å². The molecule has 216 valence electrons. The summed E-state index contributed by atoms with van der Waals surface area (Å²) in [6.07, 6.45) is 1.11. The number of anilines is 1. The summed E-state index contributed by atoms with van der Waals surface area (Å²) in [5.74, 6) is -0.115. The van der Waals surface area contributed by atoms with Gasteiger partial charge in [-0.05, 0) is 60.6 Å². The van der Waals surface area contributed by atoms with Crippen molar-refractivity contribution in [3.63, 3.8) is 0 Å². The number of hydrogen-bond donors (Lipinski definition) is 1. The topological polar surface area (TPSA) is 98.7 Å². The standard InChI is InChI=1S/C27H32Cl2FN5O4S/c1-14(2)32-22-19(29)8-15(11-31-22)23-33-34-24(40-23)17-9-20(30)21(10-18(17)28)37-12-16-13-38-27(6,7)35(16)25(36)39-26(3,4)5/h8-11,14,16H,12-13H2,1-7H3,(H,31,32)/t16-/m0/s1. The van der Waals surface area contributed by atoms with Crippen molar-refractivity contribution in [3.05, 3.63) is 40.3 Å². The van der Waals surface area contributed by atoms with E-state index >= 15 is 4.39 Å². The molecule has 1 saturated heterocycles. The lowest BCUT2D eigenvalue weighted by atomic mass is 10.2. The maximum absolute atomic E-state index is 15.2. The lowest BCUT2D eigenvalue weighted by Crippen LogP contribution is -2.51. The second-order valence-corrected chi connectivity index (χ2v) is 12.9. The maximum atomic E-state index is 15.2. The van der Waals surface area contributed by atoms with Gasteiger partial charge in [0.2, 0.25) is 0 Å². The Morgan fingerprint density at radius 1 is 1.23 bits per heavy atom. The summed E-state index contributed by atoms with van der Waals surface area (Å²) >= 11 is 14.1. The van der Waals surface area contributed by atoms with Crippen LogP contribution in [0.2, 0.25) is 10.0 Å². The van der Waals surface area contributed by atoms with E-state index in [0.29, 0.717) is 32.0 Å². The van der Waals surface area contributed by atoms with Gasteiger partial charge in [0.15, 0.2) is 11.6 Å². The molecular weight excluding hydrogens is 580 g/mol. The summed E-state index contributed by atoms with van der Waals surface area (Å²) in [7, 11) is 0. The van der Waals surface area contributed by atoms with Crippen molar-refractivity contribution in [3.8, 4) is 26.9 Å².